The third-order valence-corrected chi connectivity index (χ3v) is 14.8. The fourth-order valence-electron chi connectivity index (χ4n) is 7.89. The Labute approximate surface area is 456 Å². The van der Waals surface area contributed by atoms with Gasteiger partial charge in [-0.15, -0.1) is 0 Å². The topological polar surface area (TPSA) is 306 Å². The van der Waals surface area contributed by atoms with Gasteiger partial charge in [0.15, 0.2) is 12.3 Å². The van der Waals surface area contributed by atoms with Crippen LogP contribution in [-0.4, -0.2) is 108 Å². The first kappa shape index (κ1) is 69.2. The minimum Gasteiger partial charge on any atom is -0.462 e. The maximum Gasteiger partial charge on any atom is 0.481 e. The summed E-state index contributed by atoms with van der Waals surface area (Å²) in [6, 6.07) is 1.24. The van der Waals surface area contributed by atoms with Gasteiger partial charge in [0.05, 0.1) is 25.4 Å². The molecular weight excluding hydrogens is 1040 g/mol. The van der Waals surface area contributed by atoms with Gasteiger partial charge in [0, 0.05) is 19.0 Å². The minimum absolute atomic E-state index is 0.00628. The largest absolute Gasteiger partial charge is 0.481 e. The number of nitrogens with two attached hydrogens (primary N) is 1. The van der Waals surface area contributed by atoms with Gasteiger partial charge in [-0.25, -0.2) is 13.9 Å². The average Bonchev–Trinajstić information content (AvgIpc) is 3.66. The SMILES string of the molecule is CC/C=C\C[C@@H](O)/C=C/C=C\C/C=C\C=C\[C@@H](O)/C=C\CCCC(=O)OC[C@H](COP(=O)(O)OP(=O)(O)OC[C@H]1O[C@@H](n2ccc(N)nc2=O)[C@H](O)[C@@H]1O)OC(=O)CCCCCCCCCCCCCCCCCC(C)C. The van der Waals surface area contributed by atoms with Crippen LogP contribution in [0.1, 0.15) is 175 Å². The molecule has 8 N–H and O–H groups in total. The Kier molecular flexibility index (Phi) is 37.0. The molecule has 1 aliphatic heterocycles. The molecule has 0 saturated carbocycles. The number of phosphoric acid groups is 2. The van der Waals surface area contributed by atoms with Crippen LogP contribution in [0.15, 0.2) is 90.0 Å². The summed E-state index contributed by atoms with van der Waals surface area (Å²) in [4.78, 5) is 62.1. The van der Waals surface area contributed by atoms with E-state index in [0.717, 1.165) is 48.8 Å². The number of allylic oxidation sites excluding steroid dienone is 8. The molecule has 1 saturated heterocycles. The van der Waals surface area contributed by atoms with Crippen molar-refractivity contribution in [2.24, 2.45) is 5.92 Å². The fourth-order valence-corrected chi connectivity index (χ4v) is 10.00. The lowest BCUT2D eigenvalue weighted by Crippen LogP contribution is -2.36. The highest BCUT2D eigenvalue weighted by atomic mass is 31.3. The predicted molar refractivity (Wildman–Crippen MR) is 296 cm³/mol. The molecule has 0 spiro atoms. The Balaban J connectivity index is 1.83. The molecular formula is C55H91N3O17P2. The second-order valence-electron chi connectivity index (χ2n) is 19.6. The van der Waals surface area contributed by atoms with Crippen LogP contribution in [-0.2, 0) is 46.3 Å². The van der Waals surface area contributed by atoms with E-state index in [1.165, 1.54) is 76.7 Å². The summed E-state index contributed by atoms with van der Waals surface area (Å²) in [6.07, 6.45) is 34.8. The van der Waals surface area contributed by atoms with Crippen molar-refractivity contribution < 1.29 is 76.5 Å². The first-order valence-corrected chi connectivity index (χ1v) is 30.5. The number of unbranched alkanes of at least 4 members (excludes halogenated alkanes) is 15. The number of nitrogen functional groups attached to an aromatic ring is 1. The van der Waals surface area contributed by atoms with E-state index in [9.17, 15) is 53.7 Å². The molecule has 20 nitrogen and oxygen atoms in total. The van der Waals surface area contributed by atoms with Gasteiger partial charge in [0.1, 0.15) is 30.7 Å². The summed E-state index contributed by atoms with van der Waals surface area (Å²) in [5, 5.41) is 41.1. The van der Waals surface area contributed by atoms with Gasteiger partial charge in [-0.2, -0.15) is 9.29 Å². The maximum absolute atomic E-state index is 12.9. The smallest absolute Gasteiger partial charge is 0.462 e. The molecule has 2 unspecified atom stereocenters. The molecule has 77 heavy (non-hydrogen) atoms. The van der Waals surface area contributed by atoms with E-state index >= 15 is 0 Å². The van der Waals surface area contributed by atoms with E-state index in [1.54, 1.807) is 42.5 Å². The minimum atomic E-state index is -5.47. The van der Waals surface area contributed by atoms with Crippen molar-refractivity contribution in [2.45, 2.75) is 211 Å². The highest BCUT2D eigenvalue weighted by molar-refractivity contribution is 7.61. The van der Waals surface area contributed by atoms with Crippen LogP contribution in [0, 0.1) is 5.92 Å². The van der Waals surface area contributed by atoms with Gasteiger partial charge in [-0.3, -0.25) is 23.2 Å². The Bertz CT molecular complexity index is 2130. The number of nitrogens with zero attached hydrogens (tertiary/aromatic N) is 2. The van der Waals surface area contributed by atoms with Gasteiger partial charge in [-0.05, 0) is 50.5 Å². The standard InChI is InChI=1S/C55H91N3O17P2/c1-4-5-25-33-45(59)34-27-21-17-15-18-22-28-35-46(60)36-29-24-31-37-50(61)70-41-47(73-51(62)38-30-23-19-14-12-10-8-6-7-9-11-13-16-20-26-32-44(2)3)42-71-76(66,67)75-77(68,69)72-43-48-52(63)53(64)54(74-48)58-40-39-49(56)57-55(58)65/h5,17-18,21-22,25,27-29,34-36,39-40,44-48,52-54,59-60,63-64H,4,6-16,19-20,23-24,26,30-33,37-38,41-43H2,1-3H3,(H,66,67)(H,68,69)(H2,56,57,65)/b21-17-,22-18-,25-5-,34-27+,35-28+,36-29-/t45-,46-,47-,48-,52-,53-,54-/m1/s1. The molecule has 0 aliphatic carbocycles. The molecule has 1 aromatic rings. The normalized spacial score (nSPS) is 20.1. The molecule has 0 aromatic carbocycles. The Morgan fingerprint density at radius 3 is 1.94 bits per heavy atom. The molecule has 0 amide bonds. The van der Waals surface area contributed by atoms with Gasteiger partial charge in [-0.1, -0.05) is 190 Å². The van der Waals surface area contributed by atoms with E-state index in [0.29, 0.717) is 32.1 Å². The van der Waals surface area contributed by atoms with Crippen molar-refractivity contribution in [1.29, 1.82) is 0 Å². The molecule has 22 heteroatoms. The second-order valence-corrected chi connectivity index (χ2v) is 22.6. The number of carbonyl (C=O) groups excluding carboxylic acids is 2. The number of carbonyl (C=O) groups is 2. The van der Waals surface area contributed by atoms with Crippen LogP contribution < -0.4 is 11.4 Å². The number of esters is 2. The molecule has 1 aromatic heterocycles. The van der Waals surface area contributed by atoms with Crippen molar-refractivity contribution in [1.82, 2.24) is 9.55 Å². The van der Waals surface area contributed by atoms with Crippen LogP contribution in [0.5, 0.6) is 0 Å². The van der Waals surface area contributed by atoms with Crippen molar-refractivity contribution in [2.75, 3.05) is 25.6 Å². The molecule has 1 fully saturated rings. The Morgan fingerprint density at radius 1 is 0.740 bits per heavy atom. The number of hydrogen-bond acceptors (Lipinski definition) is 17. The first-order valence-electron chi connectivity index (χ1n) is 27.5. The monoisotopic (exact) mass is 1130 g/mol. The van der Waals surface area contributed by atoms with Crippen LogP contribution in [0.4, 0.5) is 5.82 Å². The highest BCUT2D eigenvalue weighted by Gasteiger charge is 2.46. The summed E-state index contributed by atoms with van der Waals surface area (Å²) in [5.41, 5.74) is 4.58. The van der Waals surface area contributed by atoms with Crippen molar-refractivity contribution in [3.8, 4) is 0 Å². The lowest BCUT2D eigenvalue weighted by molar-refractivity contribution is -0.161. The molecule has 438 valence electrons. The highest BCUT2D eigenvalue weighted by Crippen LogP contribution is 2.60. The summed E-state index contributed by atoms with van der Waals surface area (Å²) in [7, 11) is -10.9. The number of anilines is 1. The average molecular weight is 1130 g/mol. The third-order valence-electron chi connectivity index (χ3n) is 12.2. The van der Waals surface area contributed by atoms with E-state index < -0.39 is 95.9 Å². The fraction of sp³-hybridized carbons (Fsp3) is 0.673. The van der Waals surface area contributed by atoms with E-state index in [2.05, 4.69) is 23.1 Å². The Morgan fingerprint density at radius 2 is 1.32 bits per heavy atom. The summed E-state index contributed by atoms with van der Waals surface area (Å²) < 4.78 is 56.8. The molecule has 0 bridgehead atoms. The van der Waals surface area contributed by atoms with Crippen molar-refractivity contribution in [3.63, 3.8) is 0 Å². The molecule has 2 heterocycles. The number of ether oxygens (including phenoxy) is 3. The van der Waals surface area contributed by atoms with Crippen LogP contribution >= 0.6 is 15.6 Å². The number of phosphoric ester groups is 2. The maximum atomic E-state index is 12.9. The number of rotatable bonds is 44. The zero-order valence-electron chi connectivity index (χ0n) is 45.6. The third kappa shape index (κ3) is 34.7. The number of aliphatic hydroxyl groups excluding tert-OH is 4. The van der Waals surface area contributed by atoms with Crippen LogP contribution in [0.3, 0.4) is 0 Å². The molecule has 2 rings (SSSR count). The van der Waals surface area contributed by atoms with E-state index in [4.69, 9.17) is 29.0 Å². The molecule has 1 aliphatic rings. The predicted octanol–water partition coefficient (Wildman–Crippen LogP) is 9.86. The number of aromatic nitrogens is 2. The van der Waals surface area contributed by atoms with E-state index in [-0.39, 0.29) is 18.7 Å². The van der Waals surface area contributed by atoms with Crippen molar-refractivity contribution >= 4 is 33.4 Å². The zero-order valence-corrected chi connectivity index (χ0v) is 47.4. The first-order chi connectivity index (χ1) is 36.8. The summed E-state index contributed by atoms with van der Waals surface area (Å²) >= 11 is 0. The second kappa shape index (κ2) is 41.2. The van der Waals surface area contributed by atoms with Gasteiger partial charge in [0.2, 0.25) is 0 Å². The van der Waals surface area contributed by atoms with Gasteiger partial charge in [0.25, 0.3) is 0 Å². The van der Waals surface area contributed by atoms with Gasteiger partial charge >= 0.3 is 33.3 Å². The lowest BCUT2D eigenvalue weighted by Gasteiger charge is -2.21. The Hall–Kier alpha value is -3.88. The van der Waals surface area contributed by atoms with Crippen molar-refractivity contribution in [3.05, 3.63) is 95.7 Å². The lowest BCUT2D eigenvalue weighted by atomic mass is 10.0. The number of hydrogen-bond donors (Lipinski definition) is 7. The van der Waals surface area contributed by atoms with Crippen LogP contribution in [0.25, 0.3) is 0 Å². The van der Waals surface area contributed by atoms with Crippen LogP contribution in [0.2, 0.25) is 0 Å². The van der Waals surface area contributed by atoms with E-state index in [1.807, 2.05) is 37.3 Å². The summed E-state index contributed by atoms with van der Waals surface area (Å²) in [6.45, 7) is 4.12. The van der Waals surface area contributed by atoms with Gasteiger partial charge < -0.3 is 50.2 Å². The number of aliphatic hydroxyl groups is 4. The molecule has 0 radical (unpaired) electrons. The quantitative estimate of drug-likeness (QED) is 0.0105. The zero-order chi connectivity index (χ0) is 56.7. The molecule has 9 atom stereocenters. The summed E-state index contributed by atoms with van der Waals surface area (Å²) in [5.74, 6) is -0.702.